The summed E-state index contributed by atoms with van der Waals surface area (Å²) in [5, 5.41) is 21.0. The summed E-state index contributed by atoms with van der Waals surface area (Å²) in [5.41, 5.74) is 3.69. The number of nitrogens with zero attached hydrogens (tertiary/aromatic N) is 3. The van der Waals surface area contributed by atoms with Gasteiger partial charge in [-0.05, 0) is 80.4 Å². The summed E-state index contributed by atoms with van der Waals surface area (Å²) in [6.45, 7) is 4.43. The molecule has 3 N–H and O–H groups in total. The van der Waals surface area contributed by atoms with E-state index < -0.39 is 0 Å². The average Bonchev–Trinajstić information content (AvgIpc) is 2.99. The Balaban J connectivity index is 1.23. The highest BCUT2D eigenvalue weighted by Gasteiger charge is 2.44. The van der Waals surface area contributed by atoms with E-state index in [2.05, 4.69) is 32.0 Å². The van der Waals surface area contributed by atoms with Gasteiger partial charge < -0.3 is 25.4 Å². The third kappa shape index (κ3) is 6.68. The number of hydrogen-bond donors (Lipinski definition) is 3. The molecule has 1 amide bonds. The van der Waals surface area contributed by atoms with Crippen molar-refractivity contribution in [2.75, 3.05) is 30.3 Å². The van der Waals surface area contributed by atoms with Crippen molar-refractivity contribution in [1.29, 1.82) is 5.26 Å². The molecule has 2 aliphatic rings. The molecule has 1 saturated heterocycles. The summed E-state index contributed by atoms with van der Waals surface area (Å²) in [5.74, 6) is 1.36. The molecule has 1 aliphatic carbocycles. The summed E-state index contributed by atoms with van der Waals surface area (Å²) >= 11 is 12.6. The van der Waals surface area contributed by atoms with E-state index in [1.807, 2.05) is 18.2 Å². The molecule has 0 bridgehead atoms. The van der Waals surface area contributed by atoms with E-state index >= 15 is 0 Å². The molecule has 6 rings (SSSR count). The second-order valence-corrected chi connectivity index (χ2v) is 12.3. The number of ether oxygens (including phenoxy) is 2. The van der Waals surface area contributed by atoms with Crippen molar-refractivity contribution in [2.24, 2.45) is 11.3 Å². The van der Waals surface area contributed by atoms with Crippen molar-refractivity contribution in [2.45, 2.75) is 39.2 Å². The van der Waals surface area contributed by atoms with Crippen LogP contribution in [0.25, 0.3) is 10.9 Å². The lowest BCUT2D eigenvalue weighted by Gasteiger charge is -2.50. The van der Waals surface area contributed by atoms with Gasteiger partial charge in [-0.1, -0.05) is 29.3 Å². The van der Waals surface area contributed by atoms with E-state index in [0.717, 1.165) is 25.9 Å². The van der Waals surface area contributed by atoms with E-state index in [1.165, 1.54) is 26.0 Å². The predicted octanol–water partition coefficient (Wildman–Crippen LogP) is 7.25. The fraction of sp³-hybridized carbons (Fsp3) is 0.333. The van der Waals surface area contributed by atoms with E-state index in [9.17, 15) is 10.1 Å². The van der Waals surface area contributed by atoms with Gasteiger partial charge in [-0.15, -0.1) is 0 Å². The number of carbonyl (C=O) groups excluding carboxylic acids is 1. The largest absolute Gasteiger partial charge is 0.491 e. The van der Waals surface area contributed by atoms with Crippen LogP contribution in [0.2, 0.25) is 10.2 Å². The van der Waals surface area contributed by atoms with E-state index in [4.69, 9.17) is 32.7 Å². The lowest BCUT2D eigenvalue weighted by molar-refractivity contribution is -0.114. The van der Waals surface area contributed by atoms with Crippen molar-refractivity contribution < 1.29 is 14.3 Å². The molecule has 3 heterocycles. The molecule has 0 radical (unpaired) electrons. The van der Waals surface area contributed by atoms with Gasteiger partial charge in [0.1, 0.15) is 29.3 Å². The van der Waals surface area contributed by atoms with Crippen molar-refractivity contribution >= 4 is 57.1 Å². The first-order valence-corrected chi connectivity index (χ1v) is 15.4. The molecule has 1 aliphatic heterocycles. The Morgan fingerprint density at radius 1 is 1.11 bits per heavy atom. The van der Waals surface area contributed by atoms with Gasteiger partial charge in [0.15, 0.2) is 0 Å². The van der Waals surface area contributed by atoms with Gasteiger partial charge in [0, 0.05) is 30.6 Å². The number of aromatic nitrogens is 2. The second kappa shape index (κ2) is 12.9. The molecule has 0 atom stereocenters. The predicted molar refractivity (Wildman–Crippen MR) is 172 cm³/mol. The van der Waals surface area contributed by atoms with Crippen LogP contribution < -0.4 is 25.4 Å². The SMILES string of the molecule is CC(=O)Nc1cc2c(Nc3ccc(OCc4cccc(Cl)n4)cc3Cl)c(C#N)cnc2cc1OCC1CC2(CCNCC2)C1. The highest BCUT2D eigenvalue weighted by molar-refractivity contribution is 6.33. The van der Waals surface area contributed by atoms with Crippen LogP contribution >= 0.6 is 23.2 Å². The Bertz CT molecular complexity index is 1740. The molecular weight excluding hydrogens is 599 g/mol. The van der Waals surface area contributed by atoms with E-state index in [-0.39, 0.29) is 12.5 Å². The third-order valence-corrected chi connectivity index (χ3v) is 8.87. The van der Waals surface area contributed by atoms with Crippen molar-refractivity contribution in [3.8, 4) is 17.6 Å². The summed E-state index contributed by atoms with van der Waals surface area (Å²) < 4.78 is 12.1. The maximum absolute atomic E-state index is 12.1. The maximum Gasteiger partial charge on any atom is 0.221 e. The quantitative estimate of drug-likeness (QED) is 0.165. The zero-order valence-electron chi connectivity index (χ0n) is 24.3. The van der Waals surface area contributed by atoms with Crippen molar-refractivity contribution in [1.82, 2.24) is 15.3 Å². The molecule has 4 aromatic rings. The van der Waals surface area contributed by atoms with Crippen LogP contribution in [0.15, 0.2) is 54.7 Å². The number of anilines is 3. The Labute approximate surface area is 265 Å². The van der Waals surface area contributed by atoms with Crippen LogP contribution in [0, 0.1) is 22.7 Å². The van der Waals surface area contributed by atoms with Crippen LogP contribution in [-0.2, 0) is 11.4 Å². The average molecular weight is 632 g/mol. The normalized spacial score (nSPS) is 15.8. The van der Waals surface area contributed by atoms with Crippen LogP contribution in [0.3, 0.4) is 0 Å². The van der Waals surface area contributed by atoms with Gasteiger partial charge in [0.05, 0.1) is 45.5 Å². The van der Waals surface area contributed by atoms with Gasteiger partial charge in [0.25, 0.3) is 0 Å². The maximum atomic E-state index is 12.1. The number of benzene rings is 2. The monoisotopic (exact) mass is 630 g/mol. The second-order valence-electron chi connectivity index (χ2n) is 11.5. The molecule has 9 nitrogen and oxygen atoms in total. The highest BCUT2D eigenvalue weighted by Crippen LogP contribution is 2.51. The number of halogens is 2. The topological polar surface area (TPSA) is 121 Å². The van der Waals surface area contributed by atoms with E-state index in [1.54, 1.807) is 30.3 Å². The molecule has 0 unspecified atom stereocenters. The van der Waals surface area contributed by atoms with Crippen LogP contribution in [0.4, 0.5) is 17.1 Å². The number of fused-ring (bicyclic) bond motifs is 1. The smallest absolute Gasteiger partial charge is 0.221 e. The van der Waals surface area contributed by atoms with Crippen molar-refractivity contribution in [3.63, 3.8) is 0 Å². The molecule has 1 spiro atoms. The molecule has 11 heteroatoms. The van der Waals surface area contributed by atoms with Gasteiger partial charge in [0.2, 0.25) is 5.91 Å². The molecule has 2 fully saturated rings. The molecule has 1 saturated carbocycles. The third-order valence-electron chi connectivity index (χ3n) is 8.34. The Kier molecular flexibility index (Phi) is 8.76. The number of carbonyl (C=O) groups is 1. The number of hydrogen-bond acceptors (Lipinski definition) is 8. The van der Waals surface area contributed by atoms with Gasteiger partial charge >= 0.3 is 0 Å². The molecule has 2 aromatic carbocycles. The Hall–Kier alpha value is -4.10. The lowest BCUT2D eigenvalue weighted by atomic mass is 9.58. The van der Waals surface area contributed by atoms with E-state index in [0.29, 0.717) is 78.8 Å². The number of piperidine rings is 1. The summed E-state index contributed by atoms with van der Waals surface area (Å²) in [6, 6.07) is 16.4. The summed E-state index contributed by atoms with van der Waals surface area (Å²) in [7, 11) is 0. The number of nitriles is 1. The highest BCUT2D eigenvalue weighted by atomic mass is 35.5. The molecular formula is C33H32Cl2N6O3. The number of pyridine rings is 2. The molecule has 44 heavy (non-hydrogen) atoms. The fourth-order valence-corrected chi connectivity index (χ4v) is 6.61. The molecule has 2 aromatic heterocycles. The van der Waals surface area contributed by atoms with Crippen LogP contribution in [0.5, 0.6) is 11.5 Å². The zero-order valence-corrected chi connectivity index (χ0v) is 25.8. The van der Waals surface area contributed by atoms with Gasteiger partial charge in [-0.25, -0.2) is 4.98 Å². The summed E-state index contributed by atoms with van der Waals surface area (Å²) in [4.78, 5) is 20.9. The minimum atomic E-state index is -0.225. The lowest BCUT2D eigenvalue weighted by Crippen LogP contribution is -2.46. The van der Waals surface area contributed by atoms with Crippen molar-refractivity contribution in [3.05, 3.63) is 76.2 Å². The van der Waals surface area contributed by atoms with Crippen LogP contribution in [-0.4, -0.2) is 35.6 Å². The number of amides is 1. The fourth-order valence-electron chi connectivity index (χ4n) is 6.21. The summed E-state index contributed by atoms with van der Waals surface area (Å²) in [6.07, 6.45) is 6.29. The van der Waals surface area contributed by atoms with Crippen LogP contribution in [0.1, 0.15) is 43.9 Å². The first kappa shape index (κ1) is 29.9. The molecule has 226 valence electrons. The first-order chi connectivity index (χ1) is 21.3. The Morgan fingerprint density at radius 3 is 2.66 bits per heavy atom. The first-order valence-electron chi connectivity index (χ1n) is 14.6. The minimum absolute atomic E-state index is 0.225. The minimum Gasteiger partial charge on any atom is -0.491 e. The zero-order chi connectivity index (χ0) is 30.7. The number of rotatable bonds is 9. The standard InChI is InChI=1S/C33H32Cl2N6O3/c1-20(42)39-29-12-25-28(13-30(29)44-18-21-14-33(15-21)7-9-37-10-8-33)38-17-22(16-36)32(25)41-27-6-5-24(11-26(27)34)43-19-23-3-2-4-31(35)40-23/h2-6,11-13,17,21,37H,7-10,14-15,18-19H2,1H3,(H,38,41)(H,39,42). The Morgan fingerprint density at radius 2 is 1.93 bits per heavy atom. The number of nitrogens with one attached hydrogen (secondary N) is 3. The van der Waals surface area contributed by atoms with Gasteiger partial charge in [-0.2, -0.15) is 5.26 Å². The van der Waals surface area contributed by atoms with Gasteiger partial charge in [-0.3, -0.25) is 9.78 Å².